The lowest BCUT2D eigenvalue weighted by Gasteiger charge is -2.14. The molecule has 0 fully saturated rings. The van der Waals surface area contributed by atoms with Crippen LogP contribution < -0.4 is 14.8 Å². The molecule has 25 heavy (non-hydrogen) atoms. The molecule has 0 spiro atoms. The number of halogens is 1. The van der Waals surface area contributed by atoms with Crippen molar-refractivity contribution in [2.45, 2.75) is 13.0 Å². The van der Waals surface area contributed by atoms with Crippen molar-refractivity contribution in [1.29, 1.82) is 0 Å². The van der Waals surface area contributed by atoms with Gasteiger partial charge in [-0.15, -0.1) is 0 Å². The van der Waals surface area contributed by atoms with Crippen LogP contribution in [-0.2, 0) is 14.3 Å². The van der Waals surface area contributed by atoms with Crippen LogP contribution in [0.1, 0.15) is 6.92 Å². The maximum absolute atomic E-state index is 12.0. The van der Waals surface area contributed by atoms with E-state index < -0.39 is 18.0 Å². The van der Waals surface area contributed by atoms with Gasteiger partial charge in [0.15, 0.2) is 12.7 Å². The van der Waals surface area contributed by atoms with Gasteiger partial charge in [-0.25, -0.2) is 4.79 Å². The third kappa shape index (κ3) is 6.00. The van der Waals surface area contributed by atoms with E-state index >= 15 is 0 Å². The summed E-state index contributed by atoms with van der Waals surface area (Å²) < 4.78 is 15.4. The van der Waals surface area contributed by atoms with Gasteiger partial charge in [-0.05, 0) is 55.5 Å². The number of nitrogens with one attached hydrogen (secondary N) is 1. The molecule has 0 heterocycles. The second-order valence-electron chi connectivity index (χ2n) is 5.09. The Morgan fingerprint density at radius 2 is 1.64 bits per heavy atom. The van der Waals surface area contributed by atoms with Gasteiger partial charge in [0.25, 0.3) is 5.91 Å². The molecule has 0 bridgehead atoms. The fourth-order valence-electron chi connectivity index (χ4n) is 1.88. The van der Waals surface area contributed by atoms with Crippen molar-refractivity contribution in [2.75, 3.05) is 19.0 Å². The van der Waals surface area contributed by atoms with Crippen molar-refractivity contribution in [3.05, 3.63) is 53.6 Å². The van der Waals surface area contributed by atoms with Gasteiger partial charge < -0.3 is 19.5 Å². The molecule has 0 aromatic heterocycles. The third-order valence-corrected chi connectivity index (χ3v) is 3.46. The molecule has 0 saturated carbocycles. The van der Waals surface area contributed by atoms with Gasteiger partial charge in [-0.1, -0.05) is 11.6 Å². The quantitative estimate of drug-likeness (QED) is 0.764. The topological polar surface area (TPSA) is 73.9 Å². The smallest absolute Gasteiger partial charge is 0.344 e. The summed E-state index contributed by atoms with van der Waals surface area (Å²) in [4.78, 5) is 23.8. The molecule has 1 N–H and O–H groups in total. The number of carbonyl (C=O) groups is 2. The van der Waals surface area contributed by atoms with Crippen LogP contribution in [0.15, 0.2) is 48.5 Å². The summed E-state index contributed by atoms with van der Waals surface area (Å²) in [7, 11) is 1.56. The van der Waals surface area contributed by atoms with E-state index in [0.29, 0.717) is 22.2 Å². The first-order valence-electron chi connectivity index (χ1n) is 7.50. The van der Waals surface area contributed by atoms with E-state index in [2.05, 4.69) is 5.32 Å². The molecule has 1 atom stereocenters. The Labute approximate surface area is 150 Å². The Bertz CT molecular complexity index is 715. The maximum Gasteiger partial charge on any atom is 0.344 e. The van der Waals surface area contributed by atoms with E-state index in [4.69, 9.17) is 25.8 Å². The van der Waals surface area contributed by atoms with Crippen LogP contribution in [0.2, 0.25) is 5.02 Å². The molecule has 0 aliphatic carbocycles. The molecule has 0 unspecified atom stereocenters. The van der Waals surface area contributed by atoms with E-state index in [1.807, 2.05) is 0 Å². The second-order valence-corrected chi connectivity index (χ2v) is 5.53. The number of hydrogen-bond donors (Lipinski definition) is 1. The summed E-state index contributed by atoms with van der Waals surface area (Å²) in [5, 5.41) is 3.22. The number of carbonyl (C=O) groups excluding carboxylic acids is 2. The normalized spacial score (nSPS) is 11.3. The highest BCUT2D eigenvalue weighted by Gasteiger charge is 2.18. The Morgan fingerprint density at radius 3 is 2.24 bits per heavy atom. The molecule has 0 saturated heterocycles. The zero-order chi connectivity index (χ0) is 18.2. The van der Waals surface area contributed by atoms with E-state index in [9.17, 15) is 9.59 Å². The first-order valence-corrected chi connectivity index (χ1v) is 7.88. The van der Waals surface area contributed by atoms with Gasteiger partial charge in [-0.2, -0.15) is 0 Å². The van der Waals surface area contributed by atoms with Gasteiger partial charge in [-0.3, -0.25) is 4.79 Å². The molecule has 6 nitrogen and oxygen atoms in total. The van der Waals surface area contributed by atoms with Crippen LogP contribution >= 0.6 is 11.6 Å². The third-order valence-electron chi connectivity index (χ3n) is 3.21. The zero-order valence-corrected chi connectivity index (χ0v) is 14.6. The van der Waals surface area contributed by atoms with E-state index in [-0.39, 0.29) is 6.61 Å². The number of amides is 1. The molecule has 0 aliphatic heterocycles. The van der Waals surface area contributed by atoms with Crippen LogP contribution in [0.5, 0.6) is 11.5 Å². The van der Waals surface area contributed by atoms with Crippen molar-refractivity contribution in [3.8, 4) is 11.5 Å². The molecule has 0 radical (unpaired) electrons. The highest BCUT2D eigenvalue weighted by atomic mass is 35.5. The minimum absolute atomic E-state index is 0.304. The summed E-state index contributed by atoms with van der Waals surface area (Å²) in [6.07, 6.45) is -0.955. The summed E-state index contributed by atoms with van der Waals surface area (Å²) >= 11 is 5.76. The minimum atomic E-state index is -0.955. The highest BCUT2D eigenvalue weighted by Crippen LogP contribution is 2.16. The van der Waals surface area contributed by atoms with Crippen molar-refractivity contribution < 1.29 is 23.8 Å². The van der Waals surface area contributed by atoms with Crippen LogP contribution in [0.4, 0.5) is 5.69 Å². The van der Waals surface area contributed by atoms with Gasteiger partial charge >= 0.3 is 5.97 Å². The fraction of sp³-hybridized carbons (Fsp3) is 0.222. The number of hydrogen-bond acceptors (Lipinski definition) is 5. The average molecular weight is 364 g/mol. The molecule has 2 rings (SSSR count). The van der Waals surface area contributed by atoms with Crippen molar-refractivity contribution in [2.24, 2.45) is 0 Å². The van der Waals surface area contributed by atoms with E-state index in [1.165, 1.54) is 6.92 Å². The average Bonchev–Trinajstić information content (AvgIpc) is 2.61. The fourth-order valence-corrected chi connectivity index (χ4v) is 2.00. The Morgan fingerprint density at radius 1 is 1.04 bits per heavy atom. The maximum atomic E-state index is 12.0. The van der Waals surface area contributed by atoms with Crippen LogP contribution in [0.25, 0.3) is 0 Å². The molecule has 7 heteroatoms. The van der Waals surface area contributed by atoms with Gasteiger partial charge in [0.05, 0.1) is 7.11 Å². The van der Waals surface area contributed by atoms with Crippen molar-refractivity contribution in [3.63, 3.8) is 0 Å². The lowest BCUT2D eigenvalue weighted by atomic mass is 10.3. The predicted octanol–water partition coefficient (Wildman–Crippen LogP) is 3.30. The zero-order valence-electron chi connectivity index (χ0n) is 13.8. The standard InChI is InChI=1S/C18H18ClNO5/c1-12(18(22)20-14-5-9-15(23-2)10-6-14)25-17(21)11-24-16-7-3-13(19)4-8-16/h3-10,12H,11H2,1-2H3,(H,20,22)/t12-/m1/s1. The Kier molecular flexibility index (Phi) is 6.65. The number of ether oxygens (including phenoxy) is 3. The molecular weight excluding hydrogens is 346 g/mol. The highest BCUT2D eigenvalue weighted by molar-refractivity contribution is 6.30. The predicted molar refractivity (Wildman–Crippen MR) is 94.1 cm³/mol. The number of esters is 1. The van der Waals surface area contributed by atoms with Crippen molar-refractivity contribution in [1.82, 2.24) is 0 Å². The van der Waals surface area contributed by atoms with Gasteiger partial charge in [0.2, 0.25) is 0 Å². The van der Waals surface area contributed by atoms with Crippen LogP contribution in [0, 0.1) is 0 Å². The minimum Gasteiger partial charge on any atom is -0.497 e. The van der Waals surface area contributed by atoms with Crippen LogP contribution in [-0.4, -0.2) is 31.7 Å². The van der Waals surface area contributed by atoms with Gasteiger partial charge in [0.1, 0.15) is 11.5 Å². The number of benzene rings is 2. The second kappa shape index (κ2) is 8.94. The monoisotopic (exact) mass is 363 g/mol. The number of rotatable bonds is 7. The van der Waals surface area contributed by atoms with E-state index in [0.717, 1.165) is 0 Å². The molecule has 132 valence electrons. The largest absolute Gasteiger partial charge is 0.497 e. The lowest BCUT2D eigenvalue weighted by molar-refractivity contribution is -0.155. The van der Waals surface area contributed by atoms with Crippen LogP contribution in [0.3, 0.4) is 0 Å². The number of anilines is 1. The summed E-state index contributed by atoms with van der Waals surface area (Å²) in [6.45, 7) is 1.18. The van der Waals surface area contributed by atoms with Gasteiger partial charge in [0, 0.05) is 10.7 Å². The first-order chi connectivity index (χ1) is 12.0. The molecular formula is C18H18ClNO5. The summed E-state index contributed by atoms with van der Waals surface area (Å²) in [5.41, 5.74) is 0.575. The first kappa shape index (κ1) is 18.6. The molecule has 1 amide bonds. The van der Waals surface area contributed by atoms with Crippen molar-refractivity contribution >= 4 is 29.2 Å². The molecule has 0 aliphatic rings. The Balaban J connectivity index is 1.78. The lowest BCUT2D eigenvalue weighted by Crippen LogP contribution is -2.31. The SMILES string of the molecule is COc1ccc(NC(=O)[C@@H](C)OC(=O)COc2ccc(Cl)cc2)cc1. The number of methoxy groups -OCH3 is 1. The molecule has 2 aromatic carbocycles. The summed E-state index contributed by atoms with van der Waals surface area (Å²) in [5.74, 6) is 0.0749. The Hall–Kier alpha value is -2.73. The molecule has 2 aromatic rings. The summed E-state index contributed by atoms with van der Waals surface area (Å²) in [6, 6.07) is 13.4. The van der Waals surface area contributed by atoms with E-state index in [1.54, 1.807) is 55.6 Å².